The van der Waals surface area contributed by atoms with E-state index in [1.807, 2.05) is 6.92 Å². The molecule has 5 rings (SSSR count). The molecule has 2 heterocycles. The minimum absolute atomic E-state index is 0.109. The minimum atomic E-state index is -0.697. The van der Waals surface area contributed by atoms with Crippen LogP contribution in [0.25, 0.3) is 0 Å². The number of carbonyl (C=O) groups excluding carboxylic acids is 1. The molecule has 5 atom stereocenters. The van der Waals surface area contributed by atoms with Gasteiger partial charge in [0.25, 0.3) is 0 Å². The molecule has 0 aliphatic carbocycles. The van der Waals surface area contributed by atoms with Crippen LogP contribution < -0.4 is 0 Å². The molecule has 2 fully saturated rings. The van der Waals surface area contributed by atoms with Gasteiger partial charge in [-0.25, -0.2) is 9.63 Å². The fourth-order valence-corrected chi connectivity index (χ4v) is 5.83. The Labute approximate surface area is 231 Å². The van der Waals surface area contributed by atoms with Crippen molar-refractivity contribution in [3.8, 4) is 0 Å². The molecule has 0 radical (unpaired) electrons. The van der Waals surface area contributed by atoms with Crippen LogP contribution in [0, 0.1) is 5.92 Å². The average Bonchev–Trinajstić information content (AvgIpc) is 3.41. The predicted octanol–water partition coefficient (Wildman–Crippen LogP) is 5.16. The number of fused-ring (bicyclic) bond motifs is 1. The van der Waals surface area contributed by atoms with Crippen LogP contribution in [0.15, 0.2) is 91.0 Å². The highest BCUT2D eigenvalue weighted by molar-refractivity contribution is 5.74. The van der Waals surface area contributed by atoms with E-state index < -0.39 is 12.4 Å². The first-order chi connectivity index (χ1) is 19.1. The summed E-state index contributed by atoms with van der Waals surface area (Å²) in [6.07, 6.45) is 0.894. The lowest BCUT2D eigenvalue weighted by Crippen LogP contribution is -2.54. The average molecular weight is 531 g/mol. The number of esters is 1. The fraction of sp³-hybridized carbons (Fsp3) is 0.406. The van der Waals surface area contributed by atoms with Gasteiger partial charge in [0.1, 0.15) is 0 Å². The molecule has 0 aromatic heterocycles. The molecule has 3 aromatic carbocycles. The second-order valence-corrected chi connectivity index (χ2v) is 10.2. The molecular weight excluding hydrogens is 492 g/mol. The standard InChI is InChI=1S/C32H38N2O5/c1-3-37-31-20-27(29-21-30(32(35)36-2)38-34(29)39-31)28(19-24-13-7-4-8-14-24)33(22-25-15-9-5-10-16-25)23-26-17-11-6-12-18-26/h4-18,27-31H,3,19-23H2,1-2H3/t27-,28+,29-,30-,31+/m1/s1. The normalized spacial score (nSPS) is 23.9. The van der Waals surface area contributed by atoms with E-state index in [0.29, 0.717) is 19.4 Å². The molecule has 0 amide bonds. The number of benzene rings is 3. The Bertz CT molecular complexity index is 1120. The van der Waals surface area contributed by atoms with Crippen LogP contribution in [-0.4, -0.2) is 54.3 Å². The lowest BCUT2D eigenvalue weighted by atomic mass is 9.81. The molecule has 39 heavy (non-hydrogen) atoms. The molecule has 206 valence electrons. The summed E-state index contributed by atoms with van der Waals surface area (Å²) >= 11 is 0. The first-order valence-electron chi connectivity index (χ1n) is 13.8. The van der Waals surface area contributed by atoms with Crippen molar-refractivity contribution in [2.24, 2.45) is 5.92 Å². The Balaban J connectivity index is 1.53. The largest absolute Gasteiger partial charge is 0.467 e. The molecule has 0 spiro atoms. The molecule has 0 bridgehead atoms. The smallest absolute Gasteiger partial charge is 0.337 e. The van der Waals surface area contributed by atoms with Crippen LogP contribution in [0.1, 0.15) is 36.5 Å². The molecule has 7 nitrogen and oxygen atoms in total. The lowest BCUT2D eigenvalue weighted by Gasteiger charge is -2.45. The monoisotopic (exact) mass is 530 g/mol. The number of carbonyl (C=O) groups is 1. The zero-order valence-electron chi connectivity index (χ0n) is 22.7. The topological polar surface area (TPSA) is 60.5 Å². The van der Waals surface area contributed by atoms with E-state index in [2.05, 4.69) is 95.9 Å². The lowest BCUT2D eigenvalue weighted by molar-refractivity contribution is -0.442. The maximum absolute atomic E-state index is 12.5. The number of ether oxygens (including phenoxy) is 2. The van der Waals surface area contributed by atoms with Gasteiger partial charge in [-0.1, -0.05) is 96.2 Å². The zero-order valence-corrected chi connectivity index (χ0v) is 22.7. The molecule has 7 heteroatoms. The van der Waals surface area contributed by atoms with Gasteiger partial charge in [-0.05, 0) is 30.0 Å². The van der Waals surface area contributed by atoms with Gasteiger partial charge in [0.05, 0.1) is 13.2 Å². The van der Waals surface area contributed by atoms with E-state index in [0.717, 1.165) is 19.5 Å². The molecular formula is C32H38N2O5. The second kappa shape index (κ2) is 13.3. The van der Waals surface area contributed by atoms with Crippen LogP contribution in [-0.2, 0) is 43.5 Å². The van der Waals surface area contributed by atoms with Gasteiger partial charge in [0.2, 0.25) is 0 Å². The van der Waals surface area contributed by atoms with Crippen LogP contribution in [0.5, 0.6) is 0 Å². The summed E-state index contributed by atoms with van der Waals surface area (Å²) in [4.78, 5) is 27.1. The SMILES string of the molecule is CCO[C@@H]1C[C@H]([C@H](Cc2ccccc2)N(Cc2ccccc2)Cc2ccccc2)[C@H]2C[C@H](C(=O)OC)ON2O1. The van der Waals surface area contributed by atoms with Crippen LogP contribution in [0.2, 0.25) is 0 Å². The van der Waals surface area contributed by atoms with Crippen molar-refractivity contribution in [3.05, 3.63) is 108 Å². The van der Waals surface area contributed by atoms with Gasteiger partial charge in [-0.3, -0.25) is 9.74 Å². The van der Waals surface area contributed by atoms with Crippen molar-refractivity contribution < 1.29 is 23.9 Å². The van der Waals surface area contributed by atoms with Crippen molar-refractivity contribution in [1.82, 2.24) is 10.1 Å². The Kier molecular flexibility index (Phi) is 9.40. The molecule has 0 N–H and O–H groups in total. The Hall–Kier alpha value is -3.07. The van der Waals surface area contributed by atoms with Gasteiger partial charge in [-0.2, -0.15) is 0 Å². The van der Waals surface area contributed by atoms with Crippen LogP contribution in [0.3, 0.4) is 0 Å². The summed E-state index contributed by atoms with van der Waals surface area (Å²) < 4.78 is 11.0. The Morgan fingerprint density at radius 2 is 1.44 bits per heavy atom. The first kappa shape index (κ1) is 27.5. The van der Waals surface area contributed by atoms with Crippen molar-refractivity contribution in [2.75, 3.05) is 13.7 Å². The highest BCUT2D eigenvalue weighted by Crippen LogP contribution is 2.40. The van der Waals surface area contributed by atoms with Gasteiger partial charge >= 0.3 is 5.97 Å². The van der Waals surface area contributed by atoms with E-state index in [1.54, 1.807) is 0 Å². The van der Waals surface area contributed by atoms with Gasteiger partial charge in [0, 0.05) is 44.5 Å². The van der Waals surface area contributed by atoms with Crippen molar-refractivity contribution in [1.29, 1.82) is 0 Å². The van der Waals surface area contributed by atoms with Gasteiger partial charge < -0.3 is 9.47 Å². The summed E-state index contributed by atoms with van der Waals surface area (Å²) in [6.45, 7) is 4.07. The molecule has 3 aromatic rings. The molecule has 2 aliphatic rings. The molecule has 2 aliphatic heterocycles. The number of hydrogen-bond acceptors (Lipinski definition) is 7. The van der Waals surface area contributed by atoms with Gasteiger partial charge in [-0.15, -0.1) is 0 Å². The summed E-state index contributed by atoms with van der Waals surface area (Å²) in [7, 11) is 1.39. The Morgan fingerprint density at radius 1 is 0.872 bits per heavy atom. The van der Waals surface area contributed by atoms with Crippen LogP contribution in [0.4, 0.5) is 0 Å². The third-order valence-electron chi connectivity index (χ3n) is 7.66. The quantitative estimate of drug-likeness (QED) is 0.317. The van der Waals surface area contributed by atoms with E-state index in [1.165, 1.54) is 29.0 Å². The number of rotatable bonds is 11. The number of methoxy groups -OCH3 is 1. The van der Waals surface area contributed by atoms with E-state index in [4.69, 9.17) is 19.1 Å². The highest BCUT2D eigenvalue weighted by atomic mass is 17.0. The highest BCUT2D eigenvalue weighted by Gasteiger charge is 2.51. The zero-order chi connectivity index (χ0) is 27.0. The van der Waals surface area contributed by atoms with Crippen molar-refractivity contribution in [2.45, 2.75) is 63.8 Å². The van der Waals surface area contributed by atoms with Crippen molar-refractivity contribution in [3.63, 3.8) is 0 Å². The maximum atomic E-state index is 12.5. The van der Waals surface area contributed by atoms with E-state index in [9.17, 15) is 4.79 Å². The first-order valence-corrected chi connectivity index (χ1v) is 13.8. The predicted molar refractivity (Wildman–Crippen MR) is 148 cm³/mol. The molecule has 0 saturated carbocycles. The second-order valence-electron chi connectivity index (χ2n) is 10.2. The molecule has 0 unspecified atom stereocenters. The third kappa shape index (κ3) is 6.93. The fourth-order valence-electron chi connectivity index (χ4n) is 5.83. The third-order valence-corrected chi connectivity index (χ3v) is 7.66. The summed E-state index contributed by atoms with van der Waals surface area (Å²) in [6, 6.07) is 31.8. The minimum Gasteiger partial charge on any atom is -0.467 e. The van der Waals surface area contributed by atoms with Crippen molar-refractivity contribution >= 4 is 5.97 Å². The van der Waals surface area contributed by atoms with E-state index >= 15 is 0 Å². The van der Waals surface area contributed by atoms with Crippen LogP contribution >= 0.6 is 0 Å². The van der Waals surface area contributed by atoms with Gasteiger partial charge in [0.15, 0.2) is 12.4 Å². The number of hydrogen-bond donors (Lipinski definition) is 0. The number of nitrogens with zero attached hydrogens (tertiary/aromatic N) is 2. The summed E-state index contributed by atoms with van der Waals surface area (Å²) in [5.41, 5.74) is 3.78. The Morgan fingerprint density at radius 3 is 1.97 bits per heavy atom. The summed E-state index contributed by atoms with van der Waals surface area (Å²) in [5.74, 6) is -0.276. The molecule has 2 saturated heterocycles. The summed E-state index contributed by atoms with van der Waals surface area (Å²) in [5, 5.41) is 1.53. The maximum Gasteiger partial charge on any atom is 0.337 e. The van der Waals surface area contributed by atoms with E-state index in [-0.39, 0.29) is 24.0 Å². The number of hydroxylamine groups is 2.